The molecule has 0 saturated carbocycles. The molecular weight excluding hydrogens is 468 g/mol. The SMILES string of the molecule is C=CCOC(=O)c1sc(N2C(=O)C(=O)C(=C(O)c3cc(C)ccc3C)C2c2ccc(C)o2)nc1C. The van der Waals surface area contributed by atoms with E-state index in [0.29, 0.717) is 17.0 Å². The smallest absolute Gasteiger partial charge is 0.350 e. The number of hydrogen-bond acceptors (Lipinski definition) is 8. The minimum absolute atomic E-state index is 0.0253. The number of aryl methyl sites for hydroxylation is 4. The van der Waals surface area contributed by atoms with Crippen LogP contribution in [-0.2, 0) is 14.3 Å². The van der Waals surface area contributed by atoms with E-state index in [0.717, 1.165) is 22.5 Å². The average molecular weight is 493 g/mol. The zero-order valence-electron chi connectivity index (χ0n) is 19.7. The Morgan fingerprint density at radius 3 is 2.63 bits per heavy atom. The number of Topliss-reactive ketones (excluding diaryl/α,β-unsaturated/α-hetero) is 1. The van der Waals surface area contributed by atoms with Crippen molar-refractivity contribution < 1.29 is 28.6 Å². The first-order chi connectivity index (χ1) is 16.6. The average Bonchev–Trinajstić information content (AvgIpc) is 3.49. The molecule has 3 heterocycles. The summed E-state index contributed by atoms with van der Waals surface area (Å²) in [4.78, 5) is 44.8. The van der Waals surface area contributed by atoms with Gasteiger partial charge >= 0.3 is 11.9 Å². The molecule has 3 aromatic rings. The standard InChI is InChI=1S/C26H24N2O6S/c1-6-11-33-25(32)23-16(5)27-26(35-23)28-20(18-10-9-15(4)34-18)19(22(30)24(28)31)21(29)17-12-13(2)7-8-14(17)3/h6-10,12,20,29H,1,11H2,2-5H3. The number of nitrogens with zero attached hydrogens (tertiary/aromatic N) is 2. The minimum Gasteiger partial charge on any atom is -0.507 e. The van der Waals surface area contributed by atoms with E-state index in [1.807, 2.05) is 26.0 Å². The number of benzene rings is 1. The molecule has 35 heavy (non-hydrogen) atoms. The van der Waals surface area contributed by atoms with Gasteiger partial charge in [0.25, 0.3) is 5.78 Å². The first-order valence-corrected chi connectivity index (χ1v) is 11.7. The van der Waals surface area contributed by atoms with Gasteiger partial charge in [0.05, 0.1) is 11.3 Å². The Labute approximate surface area is 206 Å². The van der Waals surface area contributed by atoms with Gasteiger partial charge in [-0.25, -0.2) is 9.78 Å². The Kier molecular flexibility index (Phi) is 6.45. The highest BCUT2D eigenvalue weighted by Crippen LogP contribution is 2.44. The van der Waals surface area contributed by atoms with E-state index < -0.39 is 23.7 Å². The summed E-state index contributed by atoms with van der Waals surface area (Å²) >= 11 is 0.929. The number of esters is 1. The minimum atomic E-state index is -1.06. The number of ether oxygens (including phenoxy) is 1. The highest BCUT2D eigenvalue weighted by molar-refractivity contribution is 7.17. The Morgan fingerprint density at radius 1 is 1.23 bits per heavy atom. The third-order valence-electron chi connectivity index (χ3n) is 5.63. The first-order valence-electron chi connectivity index (χ1n) is 10.8. The van der Waals surface area contributed by atoms with Gasteiger partial charge in [0.15, 0.2) is 5.13 Å². The fourth-order valence-corrected chi connectivity index (χ4v) is 4.90. The summed E-state index contributed by atoms with van der Waals surface area (Å²) in [5, 5.41) is 11.4. The predicted molar refractivity (Wildman–Crippen MR) is 131 cm³/mol. The normalized spacial score (nSPS) is 17.1. The summed E-state index contributed by atoms with van der Waals surface area (Å²) in [6, 6.07) is 7.77. The Balaban J connectivity index is 1.90. The van der Waals surface area contributed by atoms with E-state index in [9.17, 15) is 19.5 Å². The van der Waals surface area contributed by atoms with Crippen molar-refractivity contribution in [3.05, 3.63) is 87.3 Å². The topological polar surface area (TPSA) is 110 Å². The van der Waals surface area contributed by atoms with Crippen LogP contribution in [0.5, 0.6) is 0 Å². The van der Waals surface area contributed by atoms with Crippen molar-refractivity contribution >= 4 is 39.9 Å². The van der Waals surface area contributed by atoms with Gasteiger partial charge in [0.1, 0.15) is 34.8 Å². The molecule has 0 spiro atoms. The summed E-state index contributed by atoms with van der Waals surface area (Å²) in [7, 11) is 0. The Morgan fingerprint density at radius 2 is 1.97 bits per heavy atom. The number of aromatic nitrogens is 1. The lowest BCUT2D eigenvalue weighted by Crippen LogP contribution is -2.29. The highest BCUT2D eigenvalue weighted by atomic mass is 32.1. The van der Waals surface area contributed by atoms with Crippen LogP contribution < -0.4 is 4.90 Å². The van der Waals surface area contributed by atoms with Gasteiger partial charge in [-0.3, -0.25) is 14.5 Å². The Hall–Kier alpha value is -3.98. The van der Waals surface area contributed by atoms with Crippen molar-refractivity contribution in [2.24, 2.45) is 0 Å². The lowest BCUT2D eigenvalue weighted by Gasteiger charge is -2.21. The summed E-state index contributed by atoms with van der Waals surface area (Å²) in [5.74, 6) is -1.80. The molecule has 1 fully saturated rings. The first kappa shape index (κ1) is 24.2. The lowest BCUT2D eigenvalue weighted by atomic mass is 9.96. The van der Waals surface area contributed by atoms with Crippen molar-refractivity contribution in [1.82, 2.24) is 4.98 Å². The zero-order chi connectivity index (χ0) is 25.4. The van der Waals surface area contributed by atoms with E-state index >= 15 is 0 Å². The maximum atomic E-state index is 13.3. The monoisotopic (exact) mass is 492 g/mol. The van der Waals surface area contributed by atoms with E-state index in [4.69, 9.17) is 9.15 Å². The maximum Gasteiger partial charge on any atom is 0.350 e. The van der Waals surface area contributed by atoms with Gasteiger partial charge in [-0.2, -0.15) is 0 Å². The van der Waals surface area contributed by atoms with E-state index in [2.05, 4.69) is 11.6 Å². The third kappa shape index (κ3) is 4.30. The molecule has 1 unspecified atom stereocenters. The van der Waals surface area contributed by atoms with Crippen LogP contribution in [0, 0.1) is 27.7 Å². The second-order valence-electron chi connectivity index (χ2n) is 8.23. The van der Waals surface area contributed by atoms with Crippen LogP contribution in [0.15, 0.2) is 53.0 Å². The fourth-order valence-electron chi connectivity index (χ4n) is 3.91. The second-order valence-corrected chi connectivity index (χ2v) is 9.21. The van der Waals surface area contributed by atoms with Crippen LogP contribution in [0.3, 0.4) is 0 Å². The molecule has 0 aliphatic carbocycles. The van der Waals surface area contributed by atoms with Crippen LogP contribution in [0.2, 0.25) is 0 Å². The number of ketones is 1. The van der Waals surface area contributed by atoms with Crippen LogP contribution in [-0.4, -0.2) is 34.4 Å². The molecule has 8 nitrogen and oxygen atoms in total. The number of aliphatic hydroxyl groups is 1. The number of hydrogen-bond donors (Lipinski definition) is 1. The van der Waals surface area contributed by atoms with Gasteiger partial charge in [0.2, 0.25) is 0 Å². The van der Waals surface area contributed by atoms with Crippen LogP contribution in [0.4, 0.5) is 5.13 Å². The molecule has 1 aliphatic heterocycles. The number of furan rings is 1. The van der Waals surface area contributed by atoms with Crippen LogP contribution >= 0.6 is 11.3 Å². The second kappa shape index (κ2) is 9.34. The molecule has 1 aromatic carbocycles. The van der Waals surface area contributed by atoms with E-state index in [1.165, 1.54) is 11.0 Å². The van der Waals surface area contributed by atoms with Gasteiger partial charge in [-0.15, -0.1) is 0 Å². The summed E-state index contributed by atoms with van der Waals surface area (Å²) in [6.07, 6.45) is 1.44. The van der Waals surface area contributed by atoms with Crippen LogP contribution in [0.25, 0.3) is 5.76 Å². The number of amides is 1. The zero-order valence-corrected chi connectivity index (χ0v) is 20.6. The molecule has 1 amide bonds. The van der Waals surface area contributed by atoms with Gasteiger partial charge in [-0.1, -0.05) is 41.7 Å². The summed E-state index contributed by atoms with van der Waals surface area (Å²) in [5.41, 5.74) is 2.31. The number of anilines is 1. The third-order valence-corrected chi connectivity index (χ3v) is 6.77. The molecule has 9 heteroatoms. The molecule has 180 valence electrons. The molecule has 0 bridgehead atoms. The van der Waals surface area contributed by atoms with Crippen molar-refractivity contribution in [1.29, 1.82) is 0 Å². The van der Waals surface area contributed by atoms with Crippen molar-refractivity contribution in [3.63, 3.8) is 0 Å². The van der Waals surface area contributed by atoms with Gasteiger partial charge in [0, 0.05) is 5.56 Å². The molecule has 1 atom stereocenters. The summed E-state index contributed by atoms with van der Waals surface area (Å²) in [6.45, 7) is 10.6. The molecule has 2 aromatic heterocycles. The molecule has 0 radical (unpaired) electrons. The van der Waals surface area contributed by atoms with E-state index in [-0.39, 0.29) is 33.7 Å². The van der Waals surface area contributed by atoms with Gasteiger partial charge in [-0.05, 0) is 51.5 Å². The van der Waals surface area contributed by atoms with E-state index in [1.54, 1.807) is 32.0 Å². The molecule has 1 saturated heterocycles. The Bertz CT molecular complexity index is 1400. The number of rotatable bonds is 6. The largest absolute Gasteiger partial charge is 0.507 e. The summed E-state index contributed by atoms with van der Waals surface area (Å²) < 4.78 is 10.9. The maximum absolute atomic E-state index is 13.3. The quantitative estimate of drug-likeness (QED) is 0.171. The molecule has 1 aliphatic rings. The number of thiazole rings is 1. The fraction of sp³-hybridized carbons (Fsp3) is 0.231. The number of aliphatic hydroxyl groups excluding tert-OH is 1. The molecular formula is C26H24N2O6S. The highest BCUT2D eigenvalue weighted by Gasteiger charge is 2.50. The van der Waals surface area contributed by atoms with Crippen LogP contribution in [0.1, 0.15) is 49.6 Å². The molecule has 1 N–H and O–H groups in total. The van der Waals surface area contributed by atoms with Crippen molar-refractivity contribution in [3.8, 4) is 0 Å². The molecule has 4 rings (SSSR count). The lowest BCUT2D eigenvalue weighted by molar-refractivity contribution is -0.132. The van der Waals surface area contributed by atoms with Gasteiger partial charge < -0.3 is 14.3 Å². The predicted octanol–water partition coefficient (Wildman–Crippen LogP) is 4.94. The number of carbonyl (C=O) groups excluding carboxylic acids is 3. The van der Waals surface area contributed by atoms with Crippen molar-refractivity contribution in [2.75, 3.05) is 11.5 Å². The van der Waals surface area contributed by atoms with Crippen molar-refractivity contribution in [2.45, 2.75) is 33.7 Å². The number of carbonyl (C=O) groups is 3.